The Morgan fingerprint density at radius 1 is 1.13 bits per heavy atom. The predicted molar refractivity (Wildman–Crippen MR) is 137 cm³/mol. The lowest BCUT2D eigenvalue weighted by Gasteiger charge is -2.38. The first-order chi connectivity index (χ1) is 18.2. The summed E-state index contributed by atoms with van der Waals surface area (Å²) in [6.07, 6.45) is -2.91. The molecule has 2 N–H and O–H groups in total. The van der Waals surface area contributed by atoms with E-state index in [0.717, 1.165) is 10.6 Å². The molecule has 3 saturated heterocycles. The van der Waals surface area contributed by atoms with Crippen LogP contribution in [0.25, 0.3) is 0 Å². The minimum atomic E-state index is -4.12. The number of aromatic nitrogens is 2. The largest absolute Gasteiger partial charge is 0.475 e. The van der Waals surface area contributed by atoms with Gasteiger partial charge >= 0.3 is 13.5 Å². The Hall–Kier alpha value is -0.750. The highest BCUT2D eigenvalue weighted by molar-refractivity contribution is 8.76. The molecule has 1 aromatic heterocycles. The van der Waals surface area contributed by atoms with Gasteiger partial charge in [-0.2, -0.15) is 0 Å². The van der Waals surface area contributed by atoms with Crippen LogP contribution in [0.5, 0.6) is 0 Å². The zero-order valence-corrected chi connectivity index (χ0v) is 23.6. The second kappa shape index (κ2) is 13.7. The molecule has 38 heavy (non-hydrogen) atoms. The van der Waals surface area contributed by atoms with Crippen molar-refractivity contribution in [2.75, 3.05) is 64.9 Å². The maximum absolute atomic E-state index is 13.5. The molecule has 7 atom stereocenters. The van der Waals surface area contributed by atoms with Crippen molar-refractivity contribution in [1.82, 2.24) is 9.55 Å². The van der Waals surface area contributed by atoms with E-state index in [0.29, 0.717) is 51.1 Å². The second-order valence-electron chi connectivity index (χ2n) is 8.88. The number of hydrogen-bond acceptors (Lipinski definition) is 14. The molecule has 5 unspecified atom stereocenters. The van der Waals surface area contributed by atoms with Gasteiger partial charge in [0.2, 0.25) is 0 Å². The molecule has 0 radical (unpaired) electrons. The van der Waals surface area contributed by atoms with Crippen LogP contribution in [0.4, 0.5) is 0 Å². The minimum absolute atomic E-state index is 0.187. The Morgan fingerprint density at radius 3 is 2.53 bits per heavy atom. The van der Waals surface area contributed by atoms with Gasteiger partial charge in [-0.25, -0.2) is 9.36 Å². The van der Waals surface area contributed by atoms with E-state index in [-0.39, 0.29) is 12.7 Å². The van der Waals surface area contributed by atoms with Crippen LogP contribution < -0.4 is 11.2 Å². The van der Waals surface area contributed by atoms with Crippen LogP contribution in [0.15, 0.2) is 21.9 Å². The number of nitrogens with one attached hydrogen (secondary N) is 1. The number of aliphatic hydroxyl groups is 1. The molecule has 3 aliphatic rings. The van der Waals surface area contributed by atoms with Crippen molar-refractivity contribution in [2.45, 2.75) is 43.2 Å². The fourth-order valence-electron chi connectivity index (χ4n) is 4.13. The molecule has 0 saturated carbocycles. The van der Waals surface area contributed by atoms with Crippen molar-refractivity contribution in [3.8, 4) is 0 Å². The summed E-state index contributed by atoms with van der Waals surface area (Å²) in [5.41, 5.74) is -3.13. The third-order valence-electron chi connectivity index (χ3n) is 6.05. The average molecular weight is 601 g/mol. The Bertz CT molecular complexity index is 1070. The molecule has 0 spiro atoms. The van der Waals surface area contributed by atoms with Crippen LogP contribution in [-0.2, 0) is 41.8 Å². The number of aromatic amines is 1. The fraction of sp³-hybridized carbons (Fsp3) is 0.810. The number of fused-ring (bicyclic) bond motifs is 1. The molecule has 4 heterocycles. The van der Waals surface area contributed by atoms with E-state index in [9.17, 15) is 19.3 Å². The molecule has 0 aliphatic carbocycles. The standard InChI is InChI=1S/C21H33N2O12PS2/c1-21(26)18-14(33-19(21)23-4-3-17(24)22-20(23)25)11-32-36(27,35-18)34-16-13-38-37-12-15(16)31-10-9-30-8-7-29-6-5-28-2/h3-4,14-16,18-19,26H,5-13H2,1-2H3,(H,22,24,25)/t14?,15-,16?,18+,19?,21?,36?/m0/s1. The summed E-state index contributed by atoms with van der Waals surface area (Å²) in [4.78, 5) is 25.8. The van der Waals surface area contributed by atoms with Gasteiger partial charge in [0.05, 0.1) is 52.4 Å². The SMILES string of the molecule is COCCOCCOCCO[C@H]1CSSCC1OP1(=O)OCC2OC(n3ccc(=O)[nH]c3=O)C(C)(O)[C@@H]2O1. The number of ether oxygens (including phenoxy) is 5. The van der Waals surface area contributed by atoms with Crippen molar-refractivity contribution in [1.29, 1.82) is 0 Å². The van der Waals surface area contributed by atoms with Crippen LogP contribution in [0.2, 0.25) is 0 Å². The van der Waals surface area contributed by atoms with Crippen molar-refractivity contribution in [3.05, 3.63) is 33.1 Å². The van der Waals surface area contributed by atoms with E-state index >= 15 is 0 Å². The quantitative estimate of drug-likeness (QED) is 0.183. The van der Waals surface area contributed by atoms with Crippen LogP contribution in [0.1, 0.15) is 13.2 Å². The van der Waals surface area contributed by atoms with Gasteiger partial charge in [0.1, 0.15) is 23.9 Å². The zero-order chi connectivity index (χ0) is 27.2. The summed E-state index contributed by atoms with van der Waals surface area (Å²) in [5, 5.41) is 11.2. The maximum atomic E-state index is 13.5. The van der Waals surface area contributed by atoms with Gasteiger partial charge in [-0.05, 0) is 6.92 Å². The third kappa shape index (κ3) is 7.50. The van der Waals surface area contributed by atoms with Gasteiger partial charge in [0, 0.05) is 30.9 Å². The van der Waals surface area contributed by atoms with Gasteiger partial charge in [0.25, 0.3) is 5.56 Å². The number of rotatable bonds is 13. The molecule has 0 aromatic carbocycles. The Morgan fingerprint density at radius 2 is 1.82 bits per heavy atom. The molecule has 1 aromatic rings. The highest BCUT2D eigenvalue weighted by atomic mass is 33.1. The highest BCUT2D eigenvalue weighted by Crippen LogP contribution is 2.60. The summed E-state index contributed by atoms with van der Waals surface area (Å²) in [6, 6.07) is 1.13. The van der Waals surface area contributed by atoms with Gasteiger partial charge < -0.3 is 28.8 Å². The summed E-state index contributed by atoms with van der Waals surface area (Å²) in [7, 11) is 0.657. The monoisotopic (exact) mass is 600 g/mol. The van der Waals surface area contributed by atoms with E-state index in [1.54, 1.807) is 28.7 Å². The molecule has 3 aliphatic heterocycles. The molecule has 216 valence electrons. The van der Waals surface area contributed by atoms with Crippen molar-refractivity contribution < 1.29 is 46.9 Å². The van der Waals surface area contributed by atoms with Crippen LogP contribution in [0.3, 0.4) is 0 Å². The summed E-state index contributed by atoms with van der Waals surface area (Å²) in [5.74, 6) is 1.08. The fourth-order valence-corrected chi connectivity index (χ4v) is 8.34. The van der Waals surface area contributed by atoms with Crippen molar-refractivity contribution >= 4 is 29.4 Å². The third-order valence-corrected chi connectivity index (χ3v) is 9.94. The number of phosphoric acid groups is 1. The summed E-state index contributed by atoms with van der Waals surface area (Å²) >= 11 is 0. The Balaban J connectivity index is 1.30. The molecule has 4 rings (SSSR count). The minimum Gasteiger partial charge on any atom is -0.383 e. The molecular formula is C21H33N2O12PS2. The first kappa shape index (κ1) is 30.2. The van der Waals surface area contributed by atoms with Gasteiger partial charge in [0.15, 0.2) is 6.23 Å². The number of hydrogen-bond donors (Lipinski definition) is 2. The van der Waals surface area contributed by atoms with E-state index in [2.05, 4.69) is 4.98 Å². The van der Waals surface area contributed by atoms with Crippen LogP contribution in [-0.4, -0.2) is 110 Å². The highest BCUT2D eigenvalue weighted by Gasteiger charge is 2.60. The molecule has 17 heteroatoms. The Labute approximate surface area is 226 Å². The number of methoxy groups -OCH3 is 1. The molecule has 0 amide bonds. The lowest BCUT2D eigenvalue weighted by atomic mass is 9.96. The molecular weight excluding hydrogens is 567 g/mol. The molecule has 14 nitrogen and oxygen atoms in total. The van der Waals surface area contributed by atoms with Gasteiger partial charge in [-0.1, -0.05) is 21.6 Å². The van der Waals surface area contributed by atoms with Crippen LogP contribution in [0, 0.1) is 0 Å². The maximum Gasteiger partial charge on any atom is 0.475 e. The summed E-state index contributed by atoms with van der Waals surface area (Å²) < 4.78 is 59.0. The summed E-state index contributed by atoms with van der Waals surface area (Å²) in [6.45, 7) is 3.79. The average Bonchev–Trinajstić information content (AvgIpc) is 3.13. The zero-order valence-electron chi connectivity index (χ0n) is 21.1. The number of phosphoric ester groups is 1. The first-order valence-electron chi connectivity index (χ1n) is 12.0. The number of nitrogens with zero attached hydrogens (tertiary/aromatic N) is 1. The molecule has 3 fully saturated rings. The van der Waals surface area contributed by atoms with Crippen molar-refractivity contribution in [3.63, 3.8) is 0 Å². The predicted octanol–water partition coefficient (Wildman–Crippen LogP) is 0.554. The number of H-pyrrole nitrogens is 1. The molecule has 0 bridgehead atoms. The van der Waals surface area contributed by atoms with E-state index in [4.69, 9.17) is 37.3 Å². The van der Waals surface area contributed by atoms with E-state index in [1.165, 1.54) is 13.1 Å². The van der Waals surface area contributed by atoms with Gasteiger partial charge in [-0.3, -0.25) is 27.9 Å². The van der Waals surface area contributed by atoms with Crippen molar-refractivity contribution in [2.24, 2.45) is 0 Å². The second-order valence-corrected chi connectivity index (χ2v) is 13.0. The van der Waals surface area contributed by atoms with E-state index < -0.39 is 49.2 Å². The smallest absolute Gasteiger partial charge is 0.383 e. The Kier molecular flexibility index (Phi) is 10.9. The van der Waals surface area contributed by atoms with E-state index in [1.807, 2.05) is 0 Å². The van der Waals surface area contributed by atoms with Gasteiger partial charge in [-0.15, -0.1) is 0 Å². The first-order valence-corrected chi connectivity index (χ1v) is 16.0. The normalized spacial score (nSPS) is 35.3. The lowest BCUT2D eigenvalue weighted by Crippen LogP contribution is -2.49. The lowest BCUT2D eigenvalue weighted by molar-refractivity contribution is -0.0990. The topological polar surface area (TPSA) is 166 Å². The van der Waals surface area contributed by atoms with Crippen LogP contribution >= 0.6 is 29.4 Å².